The summed E-state index contributed by atoms with van der Waals surface area (Å²) < 4.78 is 10.7. The Labute approximate surface area is 79.4 Å². The van der Waals surface area contributed by atoms with Crippen LogP contribution >= 0.6 is 0 Å². The van der Waals surface area contributed by atoms with E-state index in [0.29, 0.717) is 25.2 Å². The number of ketones is 1. The molecule has 0 saturated heterocycles. The minimum Gasteiger partial charge on any atom is -0.379 e. The average molecular weight is 186 g/mol. The van der Waals surface area contributed by atoms with E-state index in [2.05, 4.69) is 0 Å². The van der Waals surface area contributed by atoms with Gasteiger partial charge in [0.2, 0.25) is 0 Å². The quantitative estimate of drug-likeness (QED) is 0.668. The Hall–Kier alpha value is -0.410. The van der Waals surface area contributed by atoms with Crippen molar-refractivity contribution in [3.63, 3.8) is 0 Å². The van der Waals surface area contributed by atoms with Gasteiger partial charge in [0, 0.05) is 20.0 Å². The van der Waals surface area contributed by atoms with Crippen molar-refractivity contribution in [2.45, 2.75) is 44.8 Å². The van der Waals surface area contributed by atoms with Crippen LogP contribution in [0.1, 0.15) is 32.6 Å². The van der Waals surface area contributed by atoms with Crippen molar-refractivity contribution in [2.75, 3.05) is 13.7 Å². The molecule has 1 saturated carbocycles. The summed E-state index contributed by atoms with van der Waals surface area (Å²) in [4.78, 5) is 10.9. The smallest absolute Gasteiger partial charge is 0.133 e. The van der Waals surface area contributed by atoms with Gasteiger partial charge in [0.25, 0.3) is 0 Å². The van der Waals surface area contributed by atoms with Gasteiger partial charge in [-0.25, -0.2) is 0 Å². The van der Waals surface area contributed by atoms with Gasteiger partial charge in [-0.05, 0) is 19.8 Å². The van der Waals surface area contributed by atoms with E-state index in [1.807, 2.05) is 6.92 Å². The van der Waals surface area contributed by atoms with E-state index < -0.39 is 0 Å². The molecule has 3 nitrogen and oxygen atoms in total. The first-order valence-corrected chi connectivity index (χ1v) is 4.88. The fraction of sp³-hybridized carbons (Fsp3) is 0.900. The molecule has 0 amide bonds. The molecule has 1 atom stereocenters. The minimum absolute atomic E-state index is 0.151. The van der Waals surface area contributed by atoms with Crippen LogP contribution < -0.4 is 0 Å². The molecule has 13 heavy (non-hydrogen) atoms. The van der Waals surface area contributed by atoms with E-state index in [1.165, 1.54) is 0 Å². The van der Waals surface area contributed by atoms with E-state index in [0.717, 1.165) is 12.8 Å². The minimum atomic E-state index is 0.151. The number of rotatable bonds is 4. The topological polar surface area (TPSA) is 35.5 Å². The number of Topliss-reactive ketones (excluding diaryl/α,β-unsaturated/α-hetero) is 1. The molecule has 0 N–H and O–H groups in total. The molecule has 0 aromatic carbocycles. The highest BCUT2D eigenvalue weighted by Gasteiger charge is 2.19. The van der Waals surface area contributed by atoms with Crippen molar-refractivity contribution in [1.29, 1.82) is 0 Å². The normalized spacial score (nSPS) is 21.8. The number of hydrogen-bond acceptors (Lipinski definition) is 3. The Morgan fingerprint density at radius 2 is 2.08 bits per heavy atom. The van der Waals surface area contributed by atoms with Crippen molar-refractivity contribution >= 4 is 5.78 Å². The first-order valence-electron chi connectivity index (χ1n) is 4.88. The largest absolute Gasteiger partial charge is 0.379 e. The summed E-state index contributed by atoms with van der Waals surface area (Å²) in [6, 6.07) is 0. The Morgan fingerprint density at radius 1 is 1.46 bits per heavy atom. The summed E-state index contributed by atoms with van der Waals surface area (Å²) in [6.07, 6.45) is 3.57. The predicted molar refractivity (Wildman–Crippen MR) is 49.7 cm³/mol. The molecule has 0 aromatic heterocycles. The van der Waals surface area contributed by atoms with Crippen LogP contribution in [0.25, 0.3) is 0 Å². The molecule has 0 radical (unpaired) electrons. The Morgan fingerprint density at radius 3 is 2.62 bits per heavy atom. The molecular weight excluding hydrogens is 168 g/mol. The predicted octanol–water partition coefficient (Wildman–Crippen LogP) is 1.55. The van der Waals surface area contributed by atoms with E-state index in [-0.39, 0.29) is 12.2 Å². The van der Waals surface area contributed by atoms with Gasteiger partial charge in [-0.15, -0.1) is 0 Å². The van der Waals surface area contributed by atoms with Crippen molar-refractivity contribution in [3.8, 4) is 0 Å². The average Bonchev–Trinajstić information content (AvgIpc) is 2.16. The zero-order chi connectivity index (χ0) is 9.68. The van der Waals surface area contributed by atoms with Crippen LogP contribution in [-0.4, -0.2) is 31.7 Å². The lowest BCUT2D eigenvalue weighted by atomic mass is 9.96. The Bertz CT molecular complexity index is 158. The molecule has 76 valence electrons. The Balaban J connectivity index is 2.12. The molecular formula is C10H18O3. The van der Waals surface area contributed by atoms with Crippen LogP contribution in [0.5, 0.6) is 0 Å². The molecule has 3 heteroatoms. The van der Waals surface area contributed by atoms with E-state index in [1.54, 1.807) is 7.11 Å². The highest BCUT2D eigenvalue weighted by molar-refractivity contribution is 5.79. The molecule has 1 fully saturated rings. The maximum absolute atomic E-state index is 10.9. The van der Waals surface area contributed by atoms with Crippen molar-refractivity contribution < 1.29 is 14.3 Å². The van der Waals surface area contributed by atoms with Gasteiger partial charge in [-0.2, -0.15) is 0 Å². The SMILES string of the molecule is COC(C)COC1CCC(=O)CC1. The monoisotopic (exact) mass is 186 g/mol. The molecule has 1 unspecified atom stereocenters. The summed E-state index contributed by atoms with van der Waals surface area (Å²) in [5, 5.41) is 0. The highest BCUT2D eigenvalue weighted by Crippen LogP contribution is 2.18. The highest BCUT2D eigenvalue weighted by atomic mass is 16.5. The fourth-order valence-electron chi connectivity index (χ4n) is 1.42. The maximum atomic E-state index is 10.9. The van der Waals surface area contributed by atoms with Gasteiger partial charge in [0.1, 0.15) is 5.78 Å². The number of carbonyl (C=O) groups is 1. The van der Waals surface area contributed by atoms with Crippen molar-refractivity contribution in [2.24, 2.45) is 0 Å². The second-order valence-corrected chi connectivity index (χ2v) is 3.62. The second kappa shape index (κ2) is 5.35. The zero-order valence-corrected chi connectivity index (χ0v) is 8.41. The van der Waals surface area contributed by atoms with Crippen LogP contribution in [0.15, 0.2) is 0 Å². The van der Waals surface area contributed by atoms with E-state index >= 15 is 0 Å². The second-order valence-electron chi connectivity index (χ2n) is 3.62. The molecule has 1 aliphatic rings. The zero-order valence-electron chi connectivity index (χ0n) is 8.41. The maximum Gasteiger partial charge on any atom is 0.133 e. The molecule has 0 bridgehead atoms. The number of hydrogen-bond donors (Lipinski definition) is 0. The van der Waals surface area contributed by atoms with Gasteiger partial charge >= 0.3 is 0 Å². The third-order valence-electron chi connectivity index (χ3n) is 2.46. The number of methoxy groups -OCH3 is 1. The lowest BCUT2D eigenvalue weighted by Gasteiger charge is -2.22. The summed E-state index contributed by atoms with van der Waals surface area (Å²) in [5.74, 6) is 0.375. The van der Waals surface area contributed by atoms with Gasteiger partial charge in [0.15, 0.2) is 0 Å². The lowest BCUT2D eigenvalue weighted by Crippen LogP contribution is -2.25. The molecule has 0 heterocycles. The van der Waals surface area contributed by atoms with Gasteiger partial charge in [-0.3, -0.25) is 4.79 Å². The third-order valence-corrected chi connectivity index (χ3v) is 2.46. The first-order chi connectivity index (χ1) is 6.22. The molecule has 1 rings (SSSR count). The molecule has 0 spiro atoms. The summed E-state index contributed by atoms with van der Waals surface area (Å²) >= 11 is 0. The Kier molecular flexibility index (Phi) is 4.39. The van der Waals surface area contributed by atoms with Crippen LogP contribution in [0.2, 0.25) is 0 Å². The lowest BCUT2D eigenvalue weighted by molar-refractivity contribution is -0.123. The van der Waals surface area contributed by atoms with Crippen molar-refractivity contribution in [1.82, 2.24) is 0 Å². The number of carbonyl (C=O) groups excluding carboxylic acids is 1. The first kappa shape index (κ1) is 10.7. The van der Waals surface area contributed by atoms with Crippen LogP contribution in [0.4, 0.5) is 0 Å². The van der Waals surface area contributed by atoms with Crippen LogP contribution in [0, 0.1) is 0 Å². The standard InChI is InChI=1S/C10H18O3/c1-8(12-2)7-13-10-5-3-9(11)4-6-10/h8,10H,3-7H2,1-2H3. The fourth-order valence-corrected chi connectivity index (χ4v) is 1.42. The molecule has 0 aliphatic heterocycles. The van der Waals surface area contributed by atoms with E-state index in [9.17, 15) is 4.79 Å². The summed E-state index contributed by atoms with van der Waals surface area (Å²) in [5.41, 5.74) is 0. The molecule has 1 aliphatic carbocycles. The van der Waals surface area contributed by atoms with Gasteiger partial charge in [-0.1, -0.05) is 0 Å². The van der Waals surface area contributed by atoms with Gasteiger partial charge < -0.3 is 9.47 Å². The van der Waals surface area contributed by atoms with Crippen LogP contribution in [0.3, 0.4) is 0 Å². The van der Waals surface area contributed by atoms with Crippen molar-refractivity contribution in [3.05, 3.63) is 0 Å². The third kappa shape index (κ3) is 3.87. The molecule has 0 aromatic rings. The number of ether oxygens (including phenoxy) is 2. The summed E-state index contributed by atoms with van der Waals surface area (Å²) in [6.45, 7) is 2.61. The van der Waals surface area contributed by atoms with E-state index in [4.69, 9.17) is 9.47 Å². The summed E-state index contributed by atoms with van der Waals surface area (Å²) in [7, 11) is 1.68. The van der Waals surface area contributed by atoms with Crippen LogP contribution in [-0.2, 0) is 14.3 Å². The van der Waals surface area contributed by atoms with Gasteiger partial charge in [0.05, 0.1) is 18.8 Å².